The Labute approximate surface area is 250 Å². The van der Waals surface area contributed by atoms with Gasteiger partial charge in [0.05, 0.1) is 28.8 Å². The van der Waals surface area contributed by atoms with Crippen LogP contribution in [-0.2, 0) is 20.7 Å². The molecule has 3 aliphatic rings. The van der Waals surface area contributed by atoms with Crippen LogP contribution in [0.1, 0.15) is 47.2 Å². The highest BCUT2D eigenvalue weighted by molar-refractivity contribution is 6.39. The van der Waals surface area contributed by atoms with Crippen LogP contribution in [0.4, 0.5) is 14.9 Å². The van der Waals surface area contributed by atoms with Crippen LogP contribution in [0.3, 0.4) is 0 Å². The molecule has 2 fully saturated rings. The lowest BCUT2D eigenvalue weighted by Gasteiger charge is -2.32. The first kappa shape index (κ1) is 30.0. The summed E-state index contributed by atoms with van der Waals surface area (Å²) in [6, 6.07) is 9.61. The minimum absolute atomic E-state index is 0.0603. The smallest absolute Gasteiger partial charge is 0.414 e. The monoisotopic (exact) mass is 598 g/mol. The molecule has 0 saturated carbocycles. The molecule has 3 heterocycles. The van der Waals surface area contributed by atoms with Crippen LogP contribution in [0, 0.1) is 11.7 Å². The molecule has 0 radical (unpaired) electrons. The zero-order valence-electron chi connectivity index (χ0n) is 24.0. The first-order valence-electron chi connectivity index (χ1n) is 14.5. The lowest BCUT2D eigenvalue weighted by atomic mass is 9.89. The number of carbonyl (C=O) groups excluding carboxylic acids is 4. The van der Waals surface area contributed by atoms with E-state index in [1.807, 2.05) is 7.05 Å². The number of benzene rings is 2. The number of amides is 3. The fraction of sp³-hybridized carbons (Fsp3) is 0.484. The number of Topliss-reactive ketones (excluding diaryl/α,β-unsaturated/α-hetero) is 1. The molecule has 0 spiro atoms. The van der Waals surface area contributed by atoms with E-state index in [1.165, 1.54) is 23.1 Å². The van der Waals surface area contributed by atoms with Gasteiger partial charge in [-0.3, -0.25) is 19.3 Å². The first-order chi connectivity index (χ1) is 20.2. The van der Waals surface area contributed by atoms with Crippen molar-refractivity contribution in [2.24, 2.45) is 5.92 Å². The average molecular weight is 599 g/mol. The molecule has 11 heteroatoms. The highest BCUT2D eigenvalue weighted by atomic mass is 35.5. The summed E-state index contributed by atoms with van der Waals surface area (Å²) in [7, 11) is 1.96. The number of anilines is 1. The third-order valence-electron chi connectivity index (χ3n) is 8.52. The van der Waals surface area contributed by atoms with Crippen LogP contribution >= 0.6 is 11.6 Å². The summed E-state index contributed by atoms with van der Waals surface area (Å²) in [5.41, 5.74) is 2.10. The molecule has 3 amide bonds. The van der Waals surface area contributed by atoms with Gasteiger partial charge in [0.2, 0.25) is 5.78 Å². The van der Waals surface area contributed by atoms with Crippen molar-refractivity contribution in [2.45, 2.75) is 32.1 Å². The zero-order chi connectivity index (χ0) is 30.0. The van der Waals surface area contributed by atoms with Gasteiger partial charge >= 0.3 is 6.09 Å². The van der Waals surface area contributed by atoms with E-state index < -0.39 is 23.7 Å². The summed E-state index contributed by atoms with van der Waals surface area (Å²) in [4.78, 5) is 59.9. The molecule has 42 heavy (non-hydrogen) atoms. The van der Waals surface area contributed by atoms with Crippen LogP contribution in [0.5, 0.6) is 0 Å². The number of hydrogen-bond acceptors (Lipinski definition) is 6. The number of hydrogen-bond donors (Lipinski definition) is 0. The Bertz CT molecular complexity index is 1350. The lowest BCUT2D eigenvalue weighted by molar-refractivity contribution is -0.146. The second kappa shape index (κ2) is 12.8. The van der Waals surface area contributed by atoms with Crippen LogP contribution < -0.4 is 4.90 Å². The fourth-order valence-electron chi connectivity index (χ4n) is 6.01. The van der Waals surface area contributed by atoms with Gasteiger partial charge in [0, 0.05) is 45.8 Å². The van der Waals surface area contributed by atoms with Gasteiger partial charge in [0.15, 0.2) is 0 Å². The second-order valence-electron chi connectivity index (χ2n) is 11.3. The van der Waals surface area contributed by atoms with Crippen LogP contribution in [0.25, 0.3) is 0 Å². The van der Waals surface area contributed by atoms with Crippen molar-refractivity contribution in [3.8, 4) is 0 Å². The lowest BCUT2D eigenvalue weighted by Crippen LogP contribution is -2.50. The predicted molar refractivity (Wildman–Crippen MR) is 156 cm³/mol. The van der Waals surface area contributed by atoms with Gasteiger partial charge in [-0.15, -0.1) is 0 Å². The number of halogens is 2. The summed E-state index contributed by atoms with van der Waals surface area (Å²) in [6.45, 7) is 5.09. The molecule has 2 aromatic rings. The quantitative estimate of drug-likeness (QED) is 0.468. The molecule has 0 aromatic heterocycles. The van der Waals surface area contributed by atoms with Crippen LogP contribution in [0.2, 0.25) is 5.02 Å². The van der Waals surface area contributed by atoms with Crippen molar-refractivity contribution in [1.82, 2.24) is 14.7 Å². The SMILES string of the molecule is CCOC(=O)N1CC(C(=O)C(=O)N2CCN(C)CC2)c2cc(C(=O)N3CCC(Cc4ccc(F)cc4)CC3)c(Cl)cc21. The highest BCUT2D eigenvalue weighted by Crippen LogP contribution is 2.41. The summed E-state index contributed by atoms with van der Waals surface area (Å²) in [5.74, 6) is -2.28. The van der Waals surface area contributed by atoms with Gasteiger partial charge in [-0.25, -0.2) is 9.18 Å². The standard InChI is InChI=1S/C31H36ClFN4O5/c1-3-42-31(41)37-19-25(28(38)30(40)36-14-12-34(2)13-15-36)23-17-24(26(32)18-27(23)37)29(39)35-10-8-21(9-11-35)16-20-4-6-22(33)7-5-20/h4-7,17-18,21,25H,3,8-16,19H2,1-2H3. The maximum atomic E-state index is 13.7. The highest BCUT2D eigenvalue weighted by Gasteiger charge is 2.42. The van der Waals surface area contributed by atoms with Gasteiger partial charge in [-0.1, -0.05) is 23.7 Å². The van der Waals surface area contributed by atoms with Crippen LogP contribution in [0.15, 0.2) is 36.4 Å². The molecule has 1 unspecified atom stereocenters. The van der Waals surface area contributed by atoms with Crippen molar-refractivity contribution < 1.29 is 28.3 Å². The largest absolute Gasteiger partial charge is 0.449 e. The first-order valence-corrected chi connectivity index (χ1v) is 14.9. The van der Waals surface area contributed by atoms with E-state index in [0.29, 0.717) is 56.4 Å². The molecular weight excluding hydrogens is 563 g/mol. The zero-order valence-corrected chi connectivity index (χ0v) is 24.7. The summed E-state index contributed by atoms with van der Waals surface area (Å²) >= 11 is 6.62. The number of carbonyl (C=O) groups is 4. The number of rotatable bonds is 6. The number of ether oxygens (including phenoxy) is 1. The fourth-order valence-corrected chi connectivity index (χ4v) is 6.25. The number of likely N-dealkylation sites (N-methyl/N-ethyl adjacent to an activating group) is 1. The van der Waals surface area contributed by atoms with Crippen molar-refractivity contribution in [2.75, 3.05) is 64.4 Å². The van der Waals surface area contributed by atoms with E-state index in [1.54, 1.807) is 34.9 Å². The molecule has 9 nitrogen and oxygen atoms in total. The number of likely N-dealkylation sites (tertiary alicyclic amines) is 1. The average Bonchev–Trinajstić information content (AvgIpc) is 3.36. The molecule has 0 bridgehead atoms. The Morgan fingerprint density at radius 3 is 2.26 bits per heavy atom. The second-order valence-corrected chi connectivity index (χ2v) is 11.7. The van der Waals surface area contributed by atoms with Crippen molar-refractivity contribution in [3.63, 3.8) is 0 Å². The van der Waals surface area contributed by atoms with Crippen molar-refractivity contribution in [1.29, 1.82) is 0 Å². The predicted octanol–water partition coefficient (Wildman–Crippen LogP) is 3.98. The Balaban J connectivity index is 1.34. The number of nitrogens with zero attached hydrogens (tertiary/aromatic N) is 4. The summed E-state index contributed by atoms with van der Waals surface area (Å²) in [6.07, 6.45) is 1.77. The van der Waals surface area contributed by atoms with Gasteiger partial charge in [-0.05, 0) is 74.5 Å². The molecule has 3 aliphatic heterocycles. The Hall–Kier alpha value is -3.50. The van der Waals surface area contributed by atoms with Crippen LogP contribution in [-0.4, -0.2) is 97.9 Å². The molecule has 2 aromatic carbocycles. The Morgan fingerprint density at radius 2 is 1.62 bits per heavy atom. The Morgan fingerprint density at radius 1 is 0.952 bits per heavy atom. The summed E-state index contributed by atoms with van der Waals surface area (Å²) in [5, 5.41) is 0.167. The third kappa shape index (κ3) is 6.29. The Kier molecular flexibility index (Phi) is 9.13. The molecule has 5 rings (SSSR count). The molecule has 0 aliphatic carbocycles. The van der Waals surface area contributed by atoms with E-state index in [-0.39, 0.29) is 35.5 Å². The minimum Gasteiger partial charge on any atom is -0.449 e. The minimum atomic E-state index is -0.929. The van der Waals surface area contributed by atoms with Gasteiger partial charge in [-0.2, -0.15) is 0 Å². The molecule has 0 N–H and O–H groups in total. The van der Waals surface area contributed by atoms with Gasteiger partial charge in [0.1, 0.15) is 5.82 Å². The normalized spacial score (nSPS) is 19.5. The van der Waals surface area contributed by atoms with E-state index in [9.17, 15) is 23.6 Å². The molecule has 224 valence electrons. The third-order valence-corrected chi connectivity index (χ3v) is 8.84. The van der Waals surface area contributed by atoms with E-state index in [0.717, 1.165) is 24.8 Å². The van der Waals surface area contributed by atoms with Crippen molar-refractivity contribution in [3.05, 3.63) is 63.9 Å². The van der Waals surface area contributed by atoms with E-state index in [4.69, 9.17) is 16.3 Å². The molecule has 1 atom stereocenters. The van der Waals surface area contributed by atoms with Gasteiger partial charge in [0.25, 0.3) is 11.8 Å². The number of ketones is 1. The van der Waals surface area contributed by atoms with Gasteiger partial charge < -0.3 is 19.4 Å². The molecular formula is C31H36ClFN4O5. The number of fused-ring (bicyclic) bond motifs is 1. The number of piperazine rings is 1. The van der Waals surface area contributed by atoms with Crippen molar-refractivity contribution >= 4 is 41.0 Å². The maximum absolute atomic E-state index is 13.7. The molecule has 2 saturated heterocycles. The topological polar surface area (TPSA) is 90.5 Å². The summed E-state index contributed by atoms with van der Waals surface area (Å²) < 4.78 is 18.5. The van der Waals surface area contributed by atoms with E-state index in [2.05, 4.69) is 4.90 Å². The maximum Gasteiger partial charge on any atom is 0.414 e. The number of piperidine rings is 1. The van der Waals surface area contributed by atoms with E-state index >= 15 is 0 Å².